The zero-order valence-corrected chi connectivity index (χ0v) is 36.1. The number of nitrogens with one attached hydrogen (secondary N) is 7. The van der Waals surface area contributed by atoms with Crippen LogP contribution >= 0.6 is 0 Å². The molecule has 2 fully saturated rings. The molecular formula is C37H67N17O10. The Morgan fingerprint density at radius 1 is 0.625 bits per heavy atom. The first kappa shape index (κ1) is 53.8. The summed E-state index contributed by atoms with van der Waals surface area (Å²) in [5.41, 5.74) is 32.5. The Morgan fingerprint density at radius 2 is 1.03 bits per heavy atom. The van der Waals surface area contributed by atoms with E-state index in [4.69, 9.17) is 34.4 Å². The molecule has 0 spiro atoms. The predicted octanol–water partition coefficient (Wildman–Crippen LogP) is -8.00. The summed E-state index contributed by atoms with van der Waals surface area (Å²) in [7, 11) is 0. The summed E-state index contributed by atoms with van der Waals surface area (Å²) in [6, 6.07) is -9.54. The molecule has 2 heterocycles. The van der Waals surface area contributed by atoms with Gasteiger partial charge in [0.05, 0.1) is 25.3 Å². The quantitative estimate of drug-likeness (QED) is 0.0150. The number of rotatable bonds is 28. The first-order chi connectivity index (χ1) is 30.4. The lowest BCUT2D eigenvalue weighted by atomic mass is 10.1. The van der Waals surface area contributed by atoms with E-state index in [-0.39, 0.29) is 81.9 Å². The average Bonchev–Trinajstić information content (AvgIpc) is 3.98. The Kier molecular flexibility index (Phi) is 23.8. The molecule has 2 saturated heterocycles. The van der Waals surface area contributed by atoms with E-state index in [9.17, 15) is 48.6 Å². The van der Waals surface area contributed by atoms with Crippen molar-refractivity contribution >= 4 is 65.5 Å². The minimum absolute atomic E-state index is 0.00270. The van der Waals surface area contributed by atoms with E-state index in [1.807, 2.05) is 0 Å². The third-order valence-corrected chi connectivity index (χ3v) is 10.1. The number of carbonyl (C=O) groups excluding carboxylic acids is 8. The van der Waals surface area contributed by atoms with Crippen LogP contribution in [0.5, 0.6) is 0 Å². The van der Waals surface area contributed by atoms with Gasteiger partial charge in [0.25, 0.3) is 0 Å². The second-order valence-electron chi connectivity index (χ2n) is 15.3. The summed E-state index contributed by atoms with van der Waals surface area (Å²) >= 11 is 0. The average molecular weight is 910 g/mol. The van der Waals surface area contributed by atoms with Gasteiger partial charge < -0.3 is 91.5 Å². The van der Waals surface area contributed by atoms with Crippen molar-refractivity contribution in [2.45, 2.75) is 119 Å². The van der Waals surface area contributed by atoms with Crippen LogP contribution in [0.2, 0.25) is 0 Å². The van der Waals surface area contributed by atoms with Gasteiger partial charge >= 0.3 is 0 Å². The van der Waals surface area contributed by atoms with Crippen molar-refractivity contribution in [2.75, 3.05) is 45.9 Å². The number of carbonyl (C=O) groups is 8. The maximum absolute atomic E-state index is 14.0. The number of amides is 7. The van der Waals surface area contributed by atoms with Crippen molar-refractivity contribution in [3.05, 3.63) is 0 Å². The van der Waals surface area contributed by atoms with Crippen LogP contribution in [-0.4, -0.2) is 175 Å². The highest BCUT2D eigenvalue weighted by atomic mass is 16.3. The molecule has 2 aliphatic heterocycles. The number of hydrogen-bond acceptors (Lipinski definition) is 14. The van der Waals surface area contributed by atoms with Crippen LogP contribution in [0.1, 0.15) is 71.1 Å². The zero-order valence-electron chi connectivity index (χ0n) is 36.1. The second kappa shape index (κ2) is 28.4. The van der Waals surface area contributed by atoms with E-state index < -0.39 is 97.0 Å². The van der Waals surface area contributed by atoms with Gasteiger partial charge in [-0.3, -0.25) is 48.5 Å². The molecule has 7 amide bonds. The highest BCUT2D eigenvalue weighted by Gasteiger charge is 2.39. The van der Waals surface area contributed by atoms with Gasteiger partial charge in [-0.25, -0.2) is 0 Å². The molecule has 27 nitrogen and oxygen atoms in total. The van der Waals surface area contributed by atoms with Crippen LogP contribution in [0, 0.1) is 0 Å². The molecule has 0 unspecified atom stereocenters. The van der Waals surface area contributed by atoms with Crippen molar-refractivity contribution < 1.29 is 48.6 Å². The molecule has 0 bridgehead atoms. The van der Waals surface area contributed by atoms with Gasteiger partial charge in [-0.2, -0.15) is 0 Å². The Balaban J connectivity index is 2.27. The summed E-state index contributed by atoms with van der Waals surface area (Å²) in [4.78, 5) is 119. The highest BCUT2D eigenvalue weighted by Crippen LogP contribution is 2.21. The standard InChI is InChI=1S/C37H67N17O10/c1-20(17-55)48-28(58)21(7-2-13-45-35(38)39)50-31(61)25(18-56)53-32(62)26(19-57)52-30(60)22(8-3-14-46-36(40)41)49-29(59)23(9-4-15-47-37(42)43)51-33(63)27-11-6-16-54(27)34(64)24-10-5-12-44-24/h17,20-27,44,56-57H,2-16,18-19H2,1H3,(H,48,58)(H,49,59)(H,50,61)(H,51,63)(H,52,60)(H,53,62)(H4,38,39,45)(H4,40,41,46)(H4,42,43,47)/t20-,21-,22-,23-,24-,25-,26-,27-/m0/s1. The van der Waals surface area contributed by atoms with E-state index in [0.29, 0.717) is 38.6 Å². The molecule has 0 saturated carbocycles. The van der Waals surface area contributed by atoms with Gasteiger partial charge in [-0.15, -0.1) is 0 Å². The number of likely N-dealkylation sites (tertiary alicyclic amines) is 1. The number of aliphatic hydroxyl groups excluding tert-OH is 2. The number of hydrogen-bond donors (Lipinski definition) is 15. The Morgan fingerprint density at radius 3 is 1.42 bits per heavy atom. The number of guanidine groups is 3. The summed E-state index contributed by atoms with van der Waals surface area (Å²) in [6.45, 7) is 0.662. The lowest BCUT2D eigenvalue weighted by molar-refractivity contribution is -0.141. The van der Waals surface area contributed by atoms with E-state index in [2.05, 4.69) is 52.2 Å². The van der Waals surface area contributed by atoms with E-state index in [1.165, 1.54) is 11.8 Å². The van der Waals surface area contributed by atoms with Crippen molar-refractivity contribution in [3.8, 4) is 0 Å². The van der Waals surface area contributed by atoms with Crippen LogP contribution in [0.15, 0.2) is 15.0 Å². The third-order valence-electron chi connectivity index (χ3n) is 10.1. The fourth-order valence-corrected chi connectivity index (χ4v) is 6.82. The molecule has 0 aromatic carbocycles. The fraction of sp³-hybridized carbons (Fsp3) is 0.703. The Labute approximate surface area is 370 Å². The van der Waals surface area contributed by atoms with Crippen molar-refractivity contribution in [2.24, 2.45) is 49.4 Å². The number of nitrogens with two attached hydrogens (primary N) is 6. The summed E-state index contributed by atoms with van der Waals surface area (Å²) in [5.74, 6) is -6.10. The number of aliphatic hydroxyl groups is 2. The minimum Gasteiger partial charge on any atom is -0.394 e. The first-order valence-electron chi connectivity index (χ1n) is 21.1. The normalized spacial score (nSPS) is 18.3. The van der Waals surface area contributed by atoms with E-state index in [1.54, 1.807) is 0 Å². The molecule has 0 radical (unpaired) electrons. The molecular weight excluding hydrogens is 843 g/mol. The SMILES string of the molecule is C[C@@H](C=O)NC(=O)[C@H](CCCN=C(N)N)NC(=O)[C@H](CO)NC(=O)[C@H](CO)NC(=O)[C@H](CCCN=C(N)N)NC(=O)[C@H](CCCN=C(N)N)NC(=O)[C@@H]1CCCN1C(=O)[C@@H]1CCCN1. The van der Waals surface area contributed by atoms with Crippen LogP contribution < -0.4 is 71.6 Å². The van der Waals surface area contributed by atoms with Gasteiger partial charge in [0.15, 0.2) is 17.9 Å². The molecule has 0 aromatic rings. The molecule has 21 N–H and O–H groups in total. The Bertz CT molecular complexity index is 1680. The summed E-state index contributed by atoms with van der Waals surface area (Å²) in [6.07, 6.45) is 3.27. The van der Waals surface area contributed by atoms with Gasteiger partial charge in [-0.1, -0.05) is 0 Å². The fourth-order valence-electron chi connectivity index (χ4n) is 6.82. The second-order valence-corrected chi connectivity index (χ2v) is 15.3. The summed E-state index contributed by atoms with van der Waals surface area (Å²) < 4.78 is 0. The van der Waals surface area contributed by atoms with Crippen molar-refractivity contribution in [3.63, 3.8) is 0 Å². The Hall–Kier alpha value is -6.35. The lowest BCUT2D eigenvalue weighted by Gasteiger charge is -2.29. The molecule has 64 heavy (non-hydrogen) atoms. The highest BCUT2D eigenvalue weighted by molar-refractivity contribution is 5.97. The van der Waals surface area contributed by atoms with Crippen LogP contribution in [0.25, 0.3) is 0 Å². The number of nitrogens with zero attached hydrogens (tertiary/aromatic N) is 4. The van der Waals surface area contributed by atoms with Gasteiger partial charge in [-0.05, 0) is 77.7 Å². The molecule has 2 aliphatic rings. The van der Waals surface area contributed by atoms with E-state index in [0.717, 1.165) is 6.42 Å². The van der Waals surface area contributed by atoms with Gasteiger partial charge in [0.2, 0.25) is 41.4 Å². The van der Waals surface area contributed by atoms with Crippen LogP contribution in [0.4, 0.5) is 0 Å². The molecule has 8 atom stereocenters. The molecule has 0 aromatic heterocycles. The maximum Gasteiger partial charge on any atom is 0.245 e. The maximum atomic E-state index is 14.0. The third kappa shape index (κ3) is 19.0. The van der Waals surface area contributed by atoms with Crippen LogP contribution in [0.3, 0.4) is 0 Å². The number of aliphatic imine (C=N–C) groups is 3. The molecule has 2 rings (SSSR count). The van der Waals surface area contributed by atoms with E-state index >= 15 is 0 Å². The van der Waals surface area contributed by atoms with Gasteiger partial charge in [0.1, 0.15) is 42.5 Å². The van der Waals surface area contributed by atoms with Crippen molar-refractivity contribution in [1.29, 1.82) is 0 Å². The first-order valence-corrected chi connectivity index (χ1v) is 21.1. The molecule has 27 heteroatoms. The molecule has 0 aliphatic carbocycles. The smallest absolute Gasteiger partial charge is 0.245 e. The minimum atomic E-state index is -1.74. The van der Waals surface area contributed by atoms with Crippen molar-refractivity contribution in [1.82, 2.24) is 42.1 Å². The summed E-state index contributed by atoms with van der Waals surface area (Å²) in [5, 5.41) is 38.0. The predicted molar refractivity (Wildman–Crippen MR) is 233 cm³/mol. The zero-order chi connectivity index (χ0) is 47.8. The monoisotopic (exact) mass is 910 g/mol. The van der Waals surface area contributed by atoms with Crippen LogP contribution in [-0.2, 0) is 38.4 Å². The lowest BCUT2D eigenvalue weighted by Crippen LogP contribution is -2.61. The van der Waals surface area contributed by atoms with Gasteiger partial charge in [0, 0.05) is 26.2 Å². The molecule has 360 valence electrons. The topological polar surface area (TPSA) is 458 Å². The number of aldehydes is 1. The largest absolute Gasteiger partial charge is 0.394 e.